The Kier molecular flexibility index (Phi) is 5.92. The topological polar surface area (TPSA) is 84.2 Å². The second-order valence-electron chi connectivity index (χ2n) is 5.86. The lowest BCUT2D eigenvalue weighted by Crippen LogP contribution is -2.23. The van der Waals surface area contributed by atoms with Crippen molar-refractivity contribution in [2.24, 2.45) is 5.10 Å². The third-order valence-corrected chi connectivity index (χ3v) is 3.88. The molecule has 0 atom stereocenters. The first-order valence-corrected chi connectivity index (χ1v) is 8.49. The van der Waals surface area contributed by atoms with Crippen LogP contribution in [0.15, 0.2) is 53.8 Å². The van der Waals surface area contributed by atoms with Crippen molar-refractivity contribution >= 4 is 11.6 Å². The van der Waals surface area contributed by atoms with Gasteiger partial charge in [-0.2, -0.15) is 5.10 Å². The minimum atomic E-state index is -0.206. The fraction of sp³-hybridized carbons (Fsp3) is 0.333. The summed E-state index contributed by atoms with van der Waals surface area (Å²) in [4.78, 5) is 12.1. The van der Waals surface area contributed by atoms with Gasteiger partial charge in [-0.15, -0.1) is 5.10 Å². The number of aromatic nitrogens is 3. The summed E-state index contributed by atoms with van der Waals surface area (Å²) in [6, 6.07) is 9.78. The van der Waals surface area contributed by atoms with Crippen molar-refractivity contribution in [2.75, 3.05) is 6.54 Å². The van der Waals surface area contributed by atoms with Crippen LogP contribution < -0.4 is 10.7 Å². The van der Waals surface area contributed by atoms with Crippen LogP contribution in [-0.2, 0) is 13.1 Å². The monoisotopic (exact) mass is 338 g/mol. The van der Waals surface area contributed by atoms with E-state index in [1.807, 2.05) is 30.3 Å². The quantitative estimate of drug-likeness (QED) is 0.720. The van der Waals surface area contributed by atoms with Gasteiger partial charge in [0.15, 0.2) is 5.69 Å². The van der Waals surface area contributed by atoms with Gasteiger partial charge in [0.1, 0.15) is 0 Å². The zero-order valence-electron chi connectivity index (χ0n) is 14.1. The molecular weight excluding hydrogens is 316 g/mol. The standard InChI is InChI=1S/C18H22N6O/c25-18(19-13-15-7-2-1-3-8-15)17-14-24(23-22-17)12-5-4-9-16-10-6-11-20-21-16/h1-3,6-8,10,14,20H,4-5,9,11-13H2,(H,19,25). The van der Waals surface area contributed by atoms with E-state index in [0.717, 1.165) is 43.6 Å². The van der Waals surface area contributed by atoms with Crippen LogP contribution >= 0.6 is 0 Å². The normalized spacial score (nSPS) is 13.2. The van der Waals surface area contributed by atoms with Gasteiger partial charge < -0.3 is 10.7 Å². The summed E-state index contributed by atoms with van der Waals surface area (Å²) in [5.74, 6) is -0.206. The summed E-state index contributed by atoms with van der Waals surface area (Å²) in [7, 11) is 0. The Morgan fingerprint density at radius 1 is 1.24 bits per heavy atom. The van der Waals surface area contributed by atoms with Gasteiger partial charge in [-0.05, 0) is 30.9 Å². The largest absolute Gasteiger partial charge is 0.347 e. The van der Waals surface area contributed by atoms with Gasteiger partial charge >= 0.3 is 0 Å². The molecule has 0 radical (unpaired) electrons. The number of amides is 1. The Bertz CT molecular complexity index is 750. The Labute approximate surface area is 146 Å². The summed E-state index contributed by atoms with van der Waals surface area (Å²) in [5, 5.41) is 15.1. The Balaban J connectivity index is 1.40. The highest BCUT2D eigenvalue weighted by Crippen LogP contribution is 2.04. The van der Waals surface area contributed by atoms with Crippen molar-refractivity contribution in [3.63, 3.8) is 0 Å². The zero-order chi connectivity index (χ0) is 17.3. The maximum absolute atomic E-state index is 12.1. The molecule has 7 heteroatoms. The van der Waals surface area contributed by atoms with E-state index < -0.39 is 0 Å². The van der Waals surface area contributed by atoms with E-state index in [1.165, 1.54) is 0 Å². The fourth-order valence-electron chi connectivity index (χ4n) is 2.53. The molecular formula is C18H22N6O. The van der Waals surface area contributed by atoms with Crippen molar-refractivity contribution in [1.82, 2.24) is 25.7 Å². The molecule has 1 aliphatic rings. The summed E-state index contributed by atoms with van der Waals surface area (Å²) in [6.45, 7) is 2.02. The third-order valence-electron chi connectivity index (χ3n) is 3.88. The SMILES string of the molecule is O=C(NCc1ccccc1)c1cn(CCCCC2=NNCC=C2)nn1. The molecule has 25 heavy (non-hydrogen) atoms. The predicted molar refractivity (Wildman–Crippen MR) is 96.1 cm³/mol. The van der Waals surface area contributed by atoms with Crippen molar-refractivity contribution in [1.29, 1.82) is 0 Å². The first kappa shape index (κ1) is 16.9. The number of rotatable bonds is 8. The molecule has 2 heterocycles. The van der Waals surface area contributed by atoms with Gasteiger partial charge in [0.25, 0.3) is 5.91 Å². The van der Waals surface area contributed by atoms with Crippen LogP contribution in [0.1, 0.15) is 35.3 Å². The number of carbonyl (C=O) groups excluding carboxylic acids is 1. The maximum atomic E-state index is 12.1. The van der Waals surface area contributed by atoms with Crippen LogP contribution in [0.25, 0.3) is 0 Å². The minimum Gasteiger partial charge on any atom is -0.347 e. The highest BCUT2D eigenvalue weighted by Gasteiger charge is 2.10. The number of hydrazone groups is 1. The highest BCUT2D eigenvalue weighted by molar-refractivity contribution is 5.95. The molecule has 0 aliphatic carbocycles. The summed E-state index contributed by atoms with van der Waals surface area (Å²) < 4.78 is 1.72. The molecule has 0 saturated heterocycles. The van der Waals surface area contributed by atoms with Crippen LogP contribution in [-0.4, -0.2) is 33.2 Å². The zero-order valence-corrected chi connectivity index (χ0v) is 14.1. The van der Waals surface area contributed by atoms with E-state index in [4.69, 9.17) is 0 Å². The fourth-order valence-corrected chi connectivity index (χ4v) is 2.53. The first-order valence-electron chi connectivity index (χ1n) is 8.49. The molecule has 7 nitrogen and oxygen atoms in total. The van der Waals surface area contributed by atoms with E-state index in [2.05, 4.69) is 38.3 Å². The van der Waals surface area contributed by atoms with E-state index in [9.17, 15) is 4.79 Å². The Morgan fingerprint density at radius 2 is 2.12 bits per heavy atom. The number of allylic oxidation sites excluding steroid dienone is 1. The first-order chi connectivity index (χ1) is 12.3. The lowest BCUT2D eigenvalue weighted by Gasteiger charge is -2.06. The number of carbonyl (C=O) groups is 1. The molecule has 0 unspecified atom stereocenters. The molecule has 130 valence electrons. The second-order valence-corrected chi connectivity index (χ2v) is 5.86. The minimum absolute atomic E-state index is 0.206. The molecule has 2 N–H and O–H groups in total. The van der Waals surface area contributed by atoms with Crippen LogP contribution in [0, 0.1) is 0 Å². The summed E-state index contributed by atoms with van der Waals surface area (Å²) in [5.41, 5.74) is 5.44. The van der Waals surface area contributed by atoms with Crippen molar-refractivity contribution in [3.05, 3.63) is 59.9 Å². The van der Waals surface area contributed by atoms with Gasteiger partial charge in [0.2, 0.25) is 0 Å². The number of aryl methyl sites for hydroxylation is 1. The van der Waals surface area contributed by atoms with Crippen LogP contribution in [0.4, 0.5) is 0 Å². The lowest BCUT2D eigenvalue weighted by atomic mass is 10.1. The predicted octanol–water partition coefficient (Wildman–Crippen LogP) is 1.89. The Hall–Kier alpha value is -2.96. The van der Waals surface area contributed by atoms with Crippen molar-refractivity contribution in [3.8, 4) is 0 Å². The molecule has 0 fully saturated rings. The second kappa shape index (κ2) is 8.77. The van der Waals surface area contributed by atoms with Crippen LogP contribution in [0.5, 0.6) is 0 Å². The molecule has 0 bridgehead atoms. The summed E-state index contributed by atoms with van der Waals surface area (Å²) in [6.07, 6.45) is 8.73. The molecule has 0 spiro atoms. The average molecular weight is 338 g/mol. The molecule has 1 aromatic carbocycles. The van der Waals surface area contributed by atoms with Gasteiger partial charge in [-0.1, -0.05) is 41.6 Å². The lowest BCUT2D eigenvalue weighted by molar-refractivity contribution is 0.0946. The highest BCUT2D eigenvalue weighted by atomic mass is 16.2. The number of nitrogens with zero attached hydrogens (tertiary/aromatic N) is 4. The van der Waals surface area contributed by atoms with Crippen LogP contribution in [0.3, 0.4) is 0 Å². The van der Waals surface area contributed by atoms with Gasteiger partial charge in [-0.25, -0.2) is 0 Å². The number of hydrogen-bond donors (Lipinski definition) is 2. The smallest absolute Gasteiger partial charge is 0.273 e. The Morgan fingerprint density at radius 3 is 2.92 bits per heavy atom. The summed E-state index contributed by atoms with van der Waals surface area (Å²) >= 11 is 0. The van der Waals surface area contributed by atoms with E-state index >= 15 is 0 Å². The maximum Gasteiger partial charge on any atom is 0.273 e. The molecule has 0 saturated carbocycles. The molecule has 2 aromatic rings. The molecule has 1 aromatic heterocycles. The van der Waals surface area contributed by atoms with E-state index in [0.29, 0.717) is 12.2 Å². The van der Waals surface area contributed by atoms with Gasteiger partial charge in [-0.3, -0.25) is 9.48 Å². The molecule has 3 rings (SSSR count). The number of benzene rings is 1. The number of hydrogen-bond acceptors (Lipinski definition) is 5. The van der Waals surface area contributed by atoms with Gasteiger partial charge in [0, 0.05) is 13.1 Å². The van der Waals surface area contributed by atoms with Crippen molar-refractivity contribution in [2.45, 2.75) is 32.4 Å². The average Bonchev–Trinajstić information content (AvgIpc) is 3.14. The number of nitrogens with one attached hydrogen (secondary N) is 2. The van der Waals surface area contributed by atoms with Crippen molar-refractivity contribution < 1.29 is 4.79 Å². The van der Waals surface area contributed by atoms with E-state index in [-0.39, 0.29) is 5.91 Å². The third kappa shape index (κ3) is 5.27. The van der Waals surface area contributed by atoms with Crippen LogP contribution in [0.2, 0.25) is 0 Å². The van der Waals surface area contributed by atoms with E-state index in [1.54, 1.807) is 10.9 Å². The number of unbranched alkanes of at least 4 members (excludes halogenated alkanes) is 1. The molecule has 1 amide bonds. The van der Waals surface area contributed by atoms with Gasteiger partial charge in [0.05, 0.1) is 18.5 Å². The molecule has 1 aliphatic heterocycles.